The van der Waals surface area contributed by atoms with Crippen molar-refractivity contribution in [2.45, 2.75) is 6.29 Å². The fraction of sp³-hybridized carbons (Fsp3) is 0.200. The smallest absolute Gasteiger partial charge is 0.199 e. The Balaban J connectivity index is 3.03. The van der Waals surface area contributed by atoms with Crippen molar-refractivity contribution in [2.24, 2.45) is 0 Å². The highest BCUT2D eigenvalue weighted by Crippen LogP contribution is 2.14. The van der Waals surface area contributed by atoms with Gasteiger partial charge in [-0.25, -0.2) is 4.98 Å². The highest BCUT2D eigenvalue weighted by molar-refractivity contribution is 6.30. The average molecular weight is 161 g/mol. The molecule has 2 N–H and O–H groups in total. The minimum atomic E-state index is -1.65. The van der Waals surface area contributed by atoms with Gasteiger partial charge in [0.25, 0.3) is 0 Å². The van der Waals surface area contributed by atoms with Crippen molar-refractivity contribution in [3.05, 3.63) is 23.2 Å². The van der Waals surface area contributed by atoms with Crippen molar-refractivity contribution in [1.82, 2.24) is 9.97 Å². The minimum Gasteiger partial charge on any atom is -0.363 e. The van der Waals surface area contributed by atoms with Gasteiger partial charge in [0.1, 0.15) is 5.69 Å². The predicted molar refractivity (Wildman–Crippen MR) is 34.2 cm³/mol. The van der Waals surface area contributed by atoms with Crippen LogP contribution in [-0.2, 0) is 0 Å². The van der Waals surface area contributed by atoms with Gasteiger partial charge in [-0.1, -0.05) is 11.6 Å². The lowest BCUT2D eigenvalue weighted by Crippen LogP contribution is -2.00. The van der Waals surface area contributed by atoms with E-state index >= 15 is 0 Å². The Hall–Kier alpha value is -0.710. The number of hydrogen-bond acceptors (Lipinski definition) is 4. The van der Waals surface area contributed by atoms with Gasteiger partial charge in [0.15, 0.2) is 11.4 Å². The summed E-state index contributed by atoms with van der Waals surface area (Å²) in [6, 6.07) is 0. The molecule has 0 saturated carbocycles. The summed E-state index contributed by atoms with van der Waals surface area (Å²) in [5, 5.41) is 17.2. The zero-order valence-corrected chi connectivity index (χ0v) is 5.65. The van der Waals surface area contributed by atoms with Crippen LogP contribution in [0, 0.1) is 0 Å². The molecule has 1 aromatic heterocycles. The van der Waals surface area contributed by atoms with Gasteiger partial charge in [-0.2, -0.15) is 0 Å². The Morgan fingerprint density at radius 3 is 2.30 bits per heavy atom. The van der Waals surface area contributed by atoms with Gasteiger partial charge < -0.3 is 10.2 Å². The summed E-state index contributed by atoms with van der Waals surface area (Å²) in [5.41, 5.74) is -0.0239. The second kappa shape index (κ2) is 2.92. The Bertz CT molecular complexity index is 229. The molecule has 0 radical (unpaired) electrons. The maximum absolute atomic E-state index is 8.57. The van der Waals surface area contributed by atoms with Crippen LogP contribution < -0.4 is 0 Å². The van der Waals surface area contributed by atoms with E-state index in [0.717, 1.165) is 0 Å². The van der Waals surface area contributed by atoms with E-state index in [2.05, 4.69) is 9.97 Å². The topological polar surface area (TPSA) is 66.2 Å². The minimum absolute atomic E-state index is 0.0116. The lowest BCUT2D eigenvalue weighted by molar-refractivity contribution is -0.0460. The fourth-order valence-electron chi connectivity index (χ4n) is 0.505. The van der Waals surface area contributed by atoms with Crippen LogP contribution in [0.4, 0.5) is 0 Å². The molecule has 1 aromatic rings. The number of aliphatic hydroxyl groups excluding tert-OH is 1. The van der Waals surface area contributed by atoms with Gasteiger partial charge in [-0.05, 0) is 0 Å². The fourth-order valence-corrected chi connectivity index (χ4v) is 0.708. The summed E-state index contributed by atoms with van der Waals surface area (Å²) in [6.45, 7) is 0. The standard InChI is InChI=1S/C5H5ClN2O2/c6-4-3(5(9)10)7-1-2-8-4/h1-2,5,9-10H. The van der Waals surface area contributed by atoms with Crippen molar-refractivity contribution in [2.75, 3.05) is 0 Å². The van der Waals surface area contributed by atoms with Crippen LogP contribution in [-0.4, -0.2) is 20.2 Å². The van der Waals surface area contributed by atoms with Gasteiger partial charge in [0.05, 0.1) is 0 Å². The zero-order chi connectivity index (χ0) is 7.56. The van der Waals surface area contributed by atoms with Gasteiger partial charge in [0, 0.05) is 12.4 Å². The van der Waals surface area contributed by atoms with Crippen molar-refractivity contribution in [1.29, 1.82) is 0 Å². The first-order valence-corrected chi connectivity index (χ1v) is 2.92. The van der Waals surface area contributed by atoms with Gasteiger partial charge in [0.2, 0.25) is 0 Å². The number of aliphatic hydroxyl groups is 2. The second-order valence-corrected chi connectivity index (χ2v) is 1.96. The first-order valence-electron chi connectivity index (χ1n) is 2.54. The third-order valence-electron chi connectivity index (χ3n) is 0.924. The molecule has 0 amide bonds. The van der Waals surface area contributed by atoms with E-state index in [1.807, 2.05) is 0 Å². The Morgan fingerprint density at radius 2 is 1.90 bits per heavy atom. The van der Waals surface area contributed by atoms with E-state index in [1.165, 1.54) is 12.4 Å². The molecule has 1 heterocycles. The molecule has 10 heavy (non-hydrogen) atoms. The molecule has 0 aliphatic rings. The van der Waals surface area contributed by atoms with E-state index in [9.17, 15) is 0 Å². The molecule has 0 unspecified atom stereocenters. The molecule has 54 valence electrons. The quantitative estimate of drug-likeness (QED) is 0.573. The van der Waals surface area contributed by atoms with Crippen LogP contribution in [0.1, 0.15) is 12.0 Å². The van der Waals surface area contributed by atoms with E-state index in [4.69, 9.17) is 21.8 Å². The van der Waals surface area contributed by atoms with Gasteiger partial charge >= 0.3 is 0 Å². The third-order valence-corrected chi connectivity index (χ3v) is 1.22. The number of halogens is 1. The van der Waals surface area contributed by atoms with Crippen molar-refractivity contribution in [3.63, 3.8) is 0 Å². The SMILES string of the molecule is OC(O)c1nccnc1Cl. The van der Waals surface area contributed by atoms with E-state index < -0.39 is 6.29 Å². The third kappa shape index (κ3) is 1.41. The molecule has 0 aliphatic carbocycles. The molecule has 0 saturated heterocycles. The summed E-state index contributed by atoms with van der Waals surface area (Å²) in [7, 11) is 0. The summed E-state index contributed by atoms with van der Waals surface area (Å²) in [5.74, 6) is 0. The normalized spacial score (nSPS) is 10.4. The largest absolute Gasteiger partial charge is 0.363 e. The monoisotopic (exact) mass is 160 g/mol. The lowest BCUT2D eigenvalue weighted by Gasteiger charge is -2.01. The first kappa shape index (κ1) is 7.40. The van der Waals surface area contributed by atoms with Crippen LogP contribution in [0.2, 0.25) is 5.15 Å². The van der Waals surface area contributed by atoms with Crippen molar-refractivity contribution >= 4 is 11.6 Å². The van der Waals surface area contributed by atoms with Crippen LogP contribution in [0.25, 0.3) is 0 Å². The highest BCUT2D eigenvalue weighted by atomic mass is 35.5. The molecule has 0 atom stereocenters. The van der Waals surface area contributed by atoms with E-state index in [-0.39, 0.29) is 10.8 Å². The molecule has 4 nitrogen and oxygen atoms in total. The molecule has 5 heteroatoms. The molecular weight excluding hydrogens is 156 g/mol. The van der Waals surface area contributed by atoms with Crippen molar-refractivity contribution < 1.29 is 10.2 Å². The van der Waals surface area contributed by atoms with Crippen molar-refractivity contribution in [3.8, 4) is 0 Å². The number of rotatable bonds is 1. The summed E-state index contributed by atoms with van der Waals surface area (Å²) < 4.78 is 0. The molecule has 0 aliphatic heterocycles. The molecule has 0 aromatic carbocycles. The van der Waals surface area contributed by atoms with Gasteiger partial charge in [-0.3, -0.25) is 4.98 Å². The molecule has 0 bridgehead atoms. The maximum Gasteiger partial charge on any atom is 0.199 e. The summed E-state index contributed by atoms with van der Waals surface area (Å²) >= 11 is 5.43. The molecule has 1 rings (SSSR count). The van der Waals surface area contributed by atoms with Crippen LogP contribution >= 0.6 is 11.6 Å². The Labute approximate surface area is 62.1 Å². The van der Waals surface area contributed by atoms with Crippen LogP contribution in [0.3, 0.4) is 0 Å². The molecule has 0 spiro atoms. The zero-order valence-electron chi connectivity index (χ0n) is 4.90. The first-order chi connectivity index (χ1) is 4.72. The summed E-state index contributed by atoms with van der Waals surface area (Å²) in [6.07, 6.45) is 1.05. The predicted octanol–water partition coefficient (Wildman–Crippen LogP) is 0.113. The van der Waals surface area contributed by atoms with E-state index in [0.29, 0.717) is 0 Å². The van der Waals surface area contributed by atoms with Gasteiger partial charge in [-0.15, -0.1) is 0 Å². The molecule has 0 fully saturated rings. The van der Waals surface area contributed by atoms with Crippen LogP contribution in [0.5, 0.6) is 0 Å². The average Bonchev–Trinajstić information content (AvgIpc) is 1.88. The number of aromatic nitrogens is 2. The maximum atomic E-state index is 8.57. The second-order valence-electron chi connectivity index (χ2n) is 1.61. The molecular formula is C5H5ClN2O2. The Morgan fingerprint density at radius 1 is 1.30 bits per heavy atom. The Kier molecular flexibility index (Phi) is 2.16. The number of nitrogens with zero attached hydrogens (tertiary/aromatic N) is 2. The number of hydrogen-bond donors (Lipinski definition) is 2. The van der Waals surface area contributed by atoms with Crippen LogP contribution in [0.15, 0.2) is 12.4 Å². The lowest BCUT2D eigenvalue weighted by atomic mass is 10.4. The summed E-state index contributed by atoms with van der Waals surface area (Å²) in [4.78, 5) is 7.17. The van der Waals surface area contributed by atoms with E-state index in [1.54, 1.807) is 0 Å². The highest BCUT2D eigenvalue weighted by Gasteiger charge is 2.08.